The number of pyridine rings is 3. The van der Waals surface area contributed by atoms with Crippen LogP contribution in [0.25, 0.3) is 11.3 Å². The zero-order valence-electron chi connectivity index (χ0n) is 12.6. The topological polar surface area (TPSA) is 76.0 Å². The minimum absolute atomic E-state index is 0. The third kappa shape index (κ3) is 5.70. The van der Waals surface area contributed by atoms with Gasteiger partial charge in [0.1, 0.15) is 11.9 Å². The first-order chi connectivity index (χ1) is 11.5. The Kier molecular flexibility index (Phi) is 7.78. The van der Waals surface area contributed by atoms with Gasteiger partial charge >= 0.3 is 0 Å². The minimum atomic E-state index is -0.988. The summed E-state index contributed by atoms with van der Waals surface area (Å²) >= 11 is 0. The van der Waals surface area contributed by atoms with Gasteiger partial charge in [0.05, 0.1) is 0 Å². The number of hydrogen-bond donors (Lipinski definition) is 1. The molecule has 1 radical (unpaired) electrons. The molecule has 0 amide bonds. The van der Waals surface area contributed by atoms with Crippen molar-refractivity contribution in [1.82, 2.24) is 15.0 Å². The quantitative estimate of drug-likeness (QED) is 0.416. The molecule has 5 nitrogen and oxygen atoms in total. The number of nitrogens with zero attached hydrogens (tertiary/aromatic N) is 3. The first kappa shape index (κ1) is 20.3. The van der Waals surface area contributed by atoms with Crippen LogP contribution in [0.5, 0.6) is 0 Å². The van der Waals surface area contributed by atoms with E-state index in [1.54, 1.807) is 24.3 Å². The molecule has 25 heavy (non-hydrogen) atoms. The standard InChI is InChI=1S/C10H5F2N2.C7H6NO2.Ir/c11-9-5-4-7(10(12)14-9)8-3-1-2-6-13-8;1-5-6(7(9)10)3-2-4-8-5;/h1-3,5-6H;2-4H,1H2,(H,9,10);/q2*-1;. The van der Waals surface area contributed by atoms with Crippen LogP contribution in [0.3, 0.4) is 0 Å². The fraction of sp³-hybridized carbons (Fsp3) is 0. The van der Waals surface area contributed by atoms with Gasteiger partial charge in [-0.25, -0.2) is 15.7 Å². The number of carboxylic acid groups (broad SMARTS) is 1. The van der Waals surface area contributed by atoms with Crippen LogP contribution < -0.4 is 0 Å². The molecular weight excluding hydrogens is 508 g/mol. The maximum Gasteiger partial charge on any atom is 0.254 e. The van der Waals surface area contributed by atoms with E-state index in [1.807, 2.05) is 0 Å². The van der Waals surface area contributed by atoms with Crippen LogP contribution >= 0.6 is 0 Å². The third-order valence-corrected chi connectivity index (χ3v) is 2.79. The number of carboxylic acids is 1. The Labute approximate surface area is 156 Å². The number of aromatic nitrogens is 3. The average molecular weight is 520 g/mol. The van der Waals surface area contributed by atoms with Gasteiger partial charge in [-0.15, -0.1) is 12.1 Å². The van der Waals surface area contributed by atoms with Crippen molar-refractivity contribution >= 4 is 5.97 Å². The summed E-state index contributed by atoms with van der Waals surface area (Å²) in [5.74, 6) is -2.77. The molecular formula is C17H11F2IrN3O2-2. The number of aromatic carboxylic acids is 1. The molecule has 0 unspecified atom stereocenters. The molecule has 1 N–H and O–H groups in total. The monoisotopic (exact) mass is 520 g/mol. The van der Waals surface area contributed by atoms with Gasteiger partial charge in [0.15, 0.2) is 0 Å². The molecule has 131 valence electrons. The van der Waals surface area contributed by atoms with Gasteiger partial charge in [-0.2, -0.15) is 0 Å². The molecule has 0 saturated heterocycles. The molecule has 0 spiro atoms. The van der Waals surface area contributed by atoms with Gasteiger partial charge in [0.25, 0.3) is 5.97 Å². The molecule has 0 saturated carbocycles. The van der Waals surface area contributed by atoms with E-state index < -0.39 is 17.9 Å². The largest absolute Gasteiger partial charge is 0.491 e. The van der Waals surface area contributed by atoms with Crippen molar-refractivity contribution in [2.45, 2.75) is 0 Å². The fourth-order valence-electron chi connectivity index (χ4n) is 1.70. The van der Waals surface area contributed by atoms with Crippen molar-refractivity contribution in [2.24, 2.45) is 0 Å². The van der Waals surface area contributed by atoms with E-state index in [0.717, 1.165) is 6.07 Å². The van der Waals surface area contributed by atoms with E-state index in [0.29, 0.717) is 11.4 Å². The second-order valence-electron chi connectivity index (χ2n) is 4.41. The van der Waals surface area contributed by atoms with Crippen LogP contribution in [0.15, 0.2) is 48.8 Å². The summed E-state index contributed by atoms with van der Waals surface area (Å²) in [6.45, 7) is 3.45. The van der Waals surface area contributed by atoms with Crippen molar-refractivity contribution in [1.29, 1.82) is 0 Å². The third-order valence-electron chi connectivity index (χ3n) is 2.79. The molecule has 0 aliphatic carbocycles. The summed E-state index contributed by atoms with van der Waals surface area (Å²) < 4.78 is 25.6. The van der Waals surface area contributed by atoms with Crippen LogP contribution in [0.4, 0.5) is 8.78 Å². The Balaban J connectivity index is 0.000000254. The van der Waals surface area contributed by atoms with Gasteiger partial charge < -0.3 is 10.1 Å². The Hall–Kier alpha value is -2.70. The molecule has 0 fully saturated rings. The van der Waals surface area contributed by atoms with E-state index in [1.165, 1.54) is 18.5 Å². The summed E-state index contributed by atoms with van der Waals surface area (Å²) in [5, 5.41) is 8.49. The van der Waals surface area contributed by atoms with Crippen molar-refractivity contribution in [2.75, 3.05) is 0 Å². The molecule has 0 aliphatic rings. The second-order valence-corrected chi connectivity index (χ2v) is 4.41. The minimum Gasteiger partial charge on any atom is -0.491 e. The van der Waals surface area contributed by atoms with Crippen LogP contribution in [-0.4, -0.2) is 26.0 Å². The summed E-state index contributed by atoms with van der Waals surface area (Å²) in [6.07, 6.45) is 3.03. The normalized spacial score (nSPS) is 9.36. The molecule has 8 heteroatoms. The van der Waals surface area contributed by atoms with Gasteiger partial charge in [0, 0.05) is 32.5 Å². The van der Waals surface area contributed by atoms with E-state index in [4.69, 9.17) is 5.11 Å². The Morgan fingerprint density at radius 3 is 2.36 bits per heavy atom. The molecule has 3 rings (SSSR count). The van der Waals surface area contributed by atoms with Crippen molar-refractivity contribution in [3.05, 3.63) is 84.9 Å². The number of hydrogen-bond acceptors (Lipinski definition) is 4. The fourth-order valence-corrected chi connectivity index (χ4v) is 1.70. The van der Waals surface area contributed by atoms with E-state index >= 15 is 0 Å². The van der Waals surface area contributed by atoms with Crippen LogP contribution in [0.2, 0.25) is 0 Å². The van der Waals surface area contributed by atoms with E-state index in [-0.39, 0.29) is 31.2 Å². The zero-order valence-corrected chi connectivity index (χ0v) is 15.0. The van der Waals surface area contributed by atoms with Crippen molar-refractivity contribution in [3.8, 4) is 11.3 Å². The first-order valence-electron chi connectivity index (χ1n) is 6.64. The smallest absolute Gasteiger partial charge is 0.254 e. The van der Waals surface area contributed by atoms with E-state index in [2.05, 4.69) is 27.9 Å². The predicted octanol–water partition coefficient (Wildman–Crippen LogP) is 3.18. The van der Waals surface area contributed by atoms with Gasteiger partial charge in [-0.05, 0) is 11.8 Å². The van der Waals surface area contributed by atoms with Gasteiger partial charge in [0.2, 0.25) is 0 Å². The molecule has 0 atom stereocenters. The summed E-state index contributed by atoms with van der Waals surface area (Å²) in [7, 11) is 0. The van der Waals surface area contributed by atoms with Crippen LogP contribution in [-0.2, 0) is 20.1 Å². The average Bonchev–Trinajstić information content (AvgIpc) is 2.56. The molecule has 3 heterocycles. The maximum absolute atomic E-state index is 13.1. The molecule has 0 aromatic carbocycles. The van der Waals surface area contributed by atoms with Crippen LogP contribution in [0, 0.1) is 24.9 Å². The Morgan fingerprint density at radius 2 is 1.84 bits per heavy atom. The summed E-state index contributed by atoms with van der Waals surface area (Å²) in [4.78, 5) is 21.0. The number of rotatable bonds is 2. The van der Waals surface area contributed by atoms with Gasteiger partial charge in [-0.3, -0.25) is 14.8 Å². The summed E-state index contributed by atoms with van der Waals surface area (Å²) in [5.41, 5.74) is 0.919. The van der Waals surface area contributed by atoms with Crippen molar-refractivity contribution in [3.63, 3.8) is 0 Å². The number of carbonyl (C=O) groups is 1. The zero-order chi connectivity index (χ0) is 17.5. The maximum atomic E-state index is 13.1. The van der Waals surface area contributed by atoms with Gasteiger partial charge in [-0.1, -0.05) is 41.1 Å². The summed E-state index contributed by atoms with van der Waals surface area (Å²) in [6, 6.07) is 11.5. The number of halogens is 2. The molecule has 3 aromatic rings. The second kappa shape index (κ2) is 9.56. The Bertz CT molecular complexity index is 848. The van der Waals surface area contributed by atoms with Crippen molar-refractivity contribution < 1.29 is 38.8 Å². The first-order valence-corrected chi connectivity index (χ1v) is 6.64. The van der Waals surface area contributed by atoms with Crippen LogP contribution in [0.1, 0.15) is 16.1 Å². The van der Waals surface area contributed by atoms with E-state index in [9.17, 15) is 13.6 Å². The SMILES string of the molecule is Fc1c[c-]c(-c2ccccn2)c(F)n1.[CH2-]c1ncccc1C(=O)O.[Ir]. The molecule has 3 aromatic heterocycles. The Morgan fingerprint density at radius 1 is 1.12 bits per heavy atom. The molecule has 0 aliphatic heterocycles. The predicted molar refractivity (Wildman–Crippen MR) is 81.9 cm³/mol. The molecule has 0 bridgehead atoms.